The molecule has 0 saturated carbocycles. The van der Waals surface area contributed by atoms with Crippen molar-refractivity contribution < 1.29 is 4.74 Å². The van der Waals surface area contributed by atoms with Gasteiger partial charge in [0.05, 0.1) is 13.2 Å². The van der Waals surface area contributed by atoms with Crippen molar-refractivity contribution in [1.29, 1.82) is 0 Å². The van der Waals surface area contributed by atoms with Crippen LogP contribution in [0.3, 0.4) is 0 Å². The molecule has 0 bridgehead atoms. The Hall–Kier alpha value is -2.47. The van der Waals surface area contributed by atoms with E-state index in [-0.39, 0.29) is 11.6 Å². The fourth-order valence-corrected chi connectivity index (χ4v) is 3.89. The zero-order valence-electron chi connectivity index (χ0n) is 16.3. The third-order valence-corrected chi connectivity index (χ3v) is 5.40. The van der Waals surface area contributed by atoms with Crippen molar-refractivity contribution in [2.45, 2.75) is 19.5 Å². The summed E-state index contributed by atoms with van der Waals surface area (Å²) < 4.78 is 5.53. The molecule has 1 aromatic heterocycles. The van der Waals surface area contributed by atoms with Crippen LogP contribution >= 0.6 is 0 Å². The topological polar surface area (TPSA) is 57.4 Å². The summed E-state index contributed by atoms with van der Waals surface area (Å²) in [7, 11) is 0. The van der Waals surface area contributed by atoms with E-state index in [1.165, 1.54) is 11.1 Å². The van der Waals surface area contributed by atoms with Gasteiger partial charge in [0.15, 0.2) is 0 Å². The fraction of sp³-hybridized carbons (Fsp3) is 0.348. The van der Waals surface area contributed by atoms with Crippen molar-refractivity contribution in [1.82, 2.24) is 15.2 Å². The molecule has 146 valence electrons. The van der Waals surface area contributed by atoms with Crippen molar-refractivity contribution in [3.05, 3.63) is 81.6 Å². The van der Waals surface area contributed by atoms with Crippen molar-refractivity contribution in [3.63, 3.8) is 0 Å². The number of ether oxygens (including phenoxy) is 1. The average Bonchev–Trinajstić information content (AvgIpc) is 2.72. The molecule has 1 atom stereocenters. The van der Waals surface area contributed by atoms with Crippen LogP contribution in [0.5, 0.6) is 0 Å². The molecule has 2 heterocycles. The van der Waals surface area contributed by atoms with Crippen molar-refractivity contribution in [3.8, 4) is 0 Å². The molecule has 4 rings (SSSR count). The summed E-state index contributed by atoms with van der Waals surface area (Å²) in [5.74, 6) is 0. The number of aryl methyl sites for hydroxylation is 1. The summed E-state index contributed by atoms with van der Waals surface area (Å²) in [4.78, 5) is 17.8. The van der Waals surface area contributed by atoms with Crippen LogP contribution in [0.4, 0.5) is 0 Å². The van der Waals surface area contributed by atoms with Crippen LogP contribution < -0.4 is 10.9 Å². The lowest BCUT2D eigenvalue weighted by atomic mass is 10.0. The summed E-state index contributed by atoms with van der Waals surface area (Å²) >= 11 is 0. The van der Waals surface area contributed by atoms with Gasteiger partial charge in [0, 0.05) is 43.3 Å². The van der Waals surface area contributed by atoms with Gasteiger partial charge in [0.2, 0.25) is 0 Å². The second-order valence-electron chi connectivity index (χ2n) is 7.42. The summed E-state index contributed by atoms with van der Waals surface area (Å²) in [6.07, 6.45) is 0. The first-order valence-corrected chi connectivity index (χ1v) is 9.91. The number of fused-ring (bicyclic) bond motifs is 1. The first kappa shape index (κ1) is 18.9. The summed E-state index contributed by atoms with van der Waals surface area (Å²) in [6.45, 7) is 6.86. The molecular weight excluding hydrogens is 350 g/mol. The number of benzene rings is 2. The SMILES string of the molecule is Cc1cccc(C(CNCc2cc3ccccc3[nH]c2=O)N2CCOCC2)c1. The number of aromatic amines is 1. The van der Waals surface area contributed by atoms with Crippen LogP contribution in [0, 0.1) is 6.92 Å². The van der Waals surface area contributed by atoms with Gasteiger partial charge in [-0.1, -0.05) is 48.0 Å². The molecule has 1 aliphatic rings. The van der Waals surface area contributed by atoms with E-state index < -0.39 is 0 Å². The van der Waals surface area contributed by atoms with Gasteiger partial charge < -0.3 is 15.0 Å². The largest absolute Gasteiger partial charge is 0.379 e. The van der Waals surface area contributed by atoms with E-state index >= 15 is 0 Å². The molecule has 3 aromatic rings. The molecule has 5 heteroatoms. The van der Waals surface area contributed by atoms with Gasteiger partial charge in [-0.2, -0.15) is 0 Å². The number of H-pyrrole nitrogens is 1. The van der Waals surface area contributed by atoms with Crippen molar-refractivity contribution in [2.75, 3.05) is 32.8 Å². The van der Waals surface area contributed by atoms with Crippen LogP contribution in [0.1, 0.15) is 22.7 Å². The standard InChI is InChI=1S/C23H27N3O2/c1-17-5-4-7-19(13-17)22(26-9-11-28-12-10-26)16-24-15-20-14-18-6-2-3-8-21(18)25-23(20)27/h2-8,13-14,22,24H,9-12,15-16H2,1H3,(H,25,27). The lowest BCUT2D eigenvalue weighted by Crippen LogP contribution is -2.43. The van der Waals surface area contributed by atoms with Crippen molar-refractivity contribution >= 4 is 10.9 Å². The van der Waals surface area contributed by atoms with E-state index in [0.717, 1.165) is 49.3 Å². The average molecular weight is 377 g/mol. The van der Waals surface area contributed by atoms with E-state index in [4.69, 9.17) is 4.74 Å². The molecule has 1 saturated heterocycles. The lowest BCUT2D eigenvalue weighted by molar-refractivity contribution is 0.0161. The zero-order valence-corrected chi connectivity index (χ0v) is 16.3. The molecule has 1 fully saturated rings. The number of aromatic nitrogens is 1. The molecule has 0 amide bonds. The number of morpholine rings is 1. The van der Waals surface area contributed by atoms with E-state index in [1.807, 2.05) is 30.3 Å². The number of rotatable bonds is 6. The fourth-order valence-electron chi connectivity index (χ4n) is 3.89. The highest BCUT2D eigenvalue weighted by Crippen LogP contribution is 2.22. The van der Waals surface area contributed by atoms with Gasteiger partial charge >= 0.3 is 0 Å². The molecule has 0 spiro atoms. The van der Waals surface area contributed by atoms with E-state index in [0.29, 0.717) is 6.54 Å². The highest BCUT2D eigenvalue weighted by atomic mass is 16.5. The van der Waals surface area contributed by atoms with Crippen molar-refractivity contribution in [2.24, 2.45) is 0 Å². The van der Waals surface area contributed by atoms with Crippen LogP contribution in [-0.4, -0.2) is 42.7 Å². The maximum absolute atomic E-state index is 12.4. The molecule has 0 aliphatic carbocycles. The Labute approximate surface area is 165 Å². The molecule has 1 unspecified atom stereocenters. The minimum absolute atomic E-state index is 0.0234. The minimum atomic E-state index is -0.0234. The van der Waals surface area contributed by atoms with Gasteiger partial charge in [-0.05, 0) is 30.0 Å². The zero-order chi connectivity index (χ0) is 19.3. The molecule has 2 N–H and O–H groups in total. The third-order valence-electron chi connectivity index (χ3n) is 5.40. The van der Waals surface area contributed by atoms with Gasteiger partial charge in [-0.15, -0.1) is 0 Å². The monoisotopic (exact) mass is 377 g/mol. The van der Waals surface area contributed by atoms with Gasteiger partial charge in [-0.3, -0.25) is 9.69 Å². The minimum Gasteiger partial charge on any atom is -0.379 e. The summed E-state index contributed by atoms with van der Waals surface area (Å²) in [5.41, 5.74) is 4.19. The van der Waals surface area contributed by atoms with Gasteiger partial charge in [0.25, 0.3) is 5.56 Å². The van der Waals surface area contributed by atoms with Crippen LogP contribution in [0.15, 0.2) is 59.4 Å². The van der Waals surface area contributed by atoms with E-state index in [1.54, 1.807) is 0 Å². The van der Waals surface area contributed by atoms with Crippen LogP contribution in [0.25, 0.3) is 10.9 Å². The molecule has 2 aromatic carbocycles. The Bertz CT molecular complexity index is 992. The Morgan fingerprint density at radius 1 is 1.11 bits per heavy atom. The molecule has 5 nitrogen and oxygen atoms in total. The first-order chi connectivity index (χ1) is 13.7. The van der Waals surface area contributed by atoms with Gasteiger partial charge in [0.1, 0.15) is 0 Å². The number of para-hydroxylation sites is 1. The summed E-state index contributed by atoms with van der Waals surface area (Å²) in [5, 5.41) is 4.58. The Balaban J connectivity index is 1.50. The number of pyridine rings is 1. The number of nitrogens with zero attached hydrogens (tertiary/aromatic N) is 1. The number of hydrogen-bond acceptors (Lipinski definition) is 4. The van der Waals surface area contributed by atoms with E-state index in [2.05, 4.69) is 46.4 Å². The normalized spacial score (nSPS) is 16.3. The Morgan fingerprint density at radius 3 is 2.75 bits per heavy atom. The van der Waals surface area contributed by atoms with E-state index in [9.17, 15) is 4.79 Å². The third kappa shape index (κ3) is 4.33. The predicted octanol–water partition coefficient (Wildman–Crippen LogP) is 3.00. The molecular formula is C23H27N3O2. The van der Waals surface area contributed by atoms with Crippen LogP contribution in [0.2, 0.25) is 0 Å². The quantitative estimate of drug-likeness (QED) is 0.693. The predicted molar refractivity (Wildman–Crippen MR) is 113 cm³/mol. The smallest absolute Gasteiger partial charge is 0.252 e. The Kier molecular flexibility index (Phi) is 5.86. The second-order valence-corrected chi connectivity index (χ2v) is 7.42. The number of nitrogens with one attached hydrogen (secondary N) is 2. The first-order valence-electron chi connectivity index (χ1n) is 9.91. The molecule has 28 heavy (non-hydrogen) atoms. The summed E-state index contributed by atoms with van der Waals surface area (Å²) in [6, 6.07) is 18.8. The highest BCUT2D eigenvalue weighted by molar-refractivity contribution is 5.78. The lowest BCUT2D eigenvalue weighted by Gasteiger charge is -2.35. The maximum atomic E-state index is 12.4. The second kappa shape index (κ2) is 8.69. The Morgan fingerprint density at radius 2 is 1.93 bits per heavy atom. The highest BCUT2D eigenvalue weighted by Gasteiger charge is 2.22. The molecule has 1 aliphatic heterocycles. The number of hydrogen-bond donors (Lipinski definition) is 2. The van der Waals surface area contributed by atoms with Crippen LogP contribution in [-0.2, 0) is 11.3 Å². The molecule has 0 radical (unpaired) electrons. The maximum Gasteiger partial charge on any atom is 0.252 e. The van der Waals surface area contributed by atoms with Gasteiger partial charge in [-0.25, -0.2) is 0 Å².